The van der Waals surface area contributed by atoms with Crippen molar-refractivity contribution in [3.05, 3.63) is 48.3 Å². The topological polar surface area (TPSA) is 69.0 Å². The van der Waals surface area contributed by atoms with Crippen molar-refractivity contribution in [2.75, 3.05) is 19.4 Å². The number of hydrogen-bond donors (Lipinski definition) is 1. The summed E-state index contributed by atoms with van der Waals surface area (Å²) in [5.41, 5.74) is 1.09. The van der Waals surface area contributed by atoms with Gasteiger partial charge in [0.25, 0.3) is 0 Å². The van der Waals surface area contributed by atoms with Gasteiger partial charge in [0.1, 0.15) is 11.6 Å². The van der Waals surface area contributed by atoms with Crippen LogP contribution >= 0.6 is 11.8 Å². The van der Waals surface area contributed by atoms with E-state index in [9.17, 15) is 4.79 Å². The summed E-state index contributed by atoms with van der Waals surface area (Å²) in [5.74, 6) is 2.70. The molecule has 0 spiro atoms. The summed E-state index contributed by atoms with van der Waals surface area (Å²) >= 11 is 1.42. The van der Waals surface area contributed by atoms with Gasteiger partial charge < -0.3 is 14.6 Å². The van der Waals surface area contributed by atoms with Crippen molar-refractivity contribution in [3.8, 4) is 5.75 Å². The van der Waals surface area contributed by atoms with E-state index in [-0.39, 0.29) is 5.91 Å². The SMILES string of the molecule is C=CCn1c(SCC(=O)NCCc2ccccc2OC)nnc1C1CC1. The molecule has 1 aliphatic carbocycles. The number of thioether (sulfide) groups is 1. The van der Waals surface area contributed by atoms with Gasteiger partial charge in [-0.15, -0.1) is 16.8 Å². The molecule has 0 atom stereocenters. The smallest absolute Gasteiger partial charge is 0.230 e. The molecule has 26 heavy (non-hydrogen) atoms. The molecular weight excluding hydrogens is 348 g/mol. The molecule has 7 heteroatoms. The molecule has 0 unspecified atom stereocenters. The summed E-state index contributed by atoms with van der Waals surface area (Å²) in [5, 5.41) is 12.3. The second kappa shape index (κ2) is 8.89. The van der Waals surface area contributed by atoms with E-state index < -0.39 is 0 Å². The molecule has 1 amide bonds. The number of benzene rings is 1. The van der Waals surface area contributed by atoms with Crippen LogP contribution in [-0.4, -0.2) is 40.1 Å². The Hall–Kier alpha value is -2.28. The summed E-state index contributed by atoms with van der Waals surface area (Å²) in [6, 6.07) is 7.85. The number of nitrogens with one attached hydrogen (secondary N) is 1. The van der Waals surface area contributed by atoms with Crippen molar-refractivity contribution in [2.24, 2.45) is 0 Å². The molecule has 1 saturated carbocycles. The van der Waals surface area contributed by atoms with Crippen LogP contribution in [0.1, 0.15) is 30.1 Å². The van der Waals surface area contributed by atoms with E-state index in [0.717, 1.165) is 28.7 Å². The monoisotopic (exact) mass is 372 g/mol. The number of rotatable bonds is 10. The summed E-state index contributed by atoms with van der Waals surface area (Å²) in [6.07, 6.45) is 4.91. The number of carbonyl (C=O) groups is 1. The maximum absolute atomic E-state index is 12.1. The van der Waals surface area contributed by atoms with Crippen LogP contribution in [0.3, 0.4) is 0 Å². The number of para-hydroxylation sites is 1. The molecule has 1 heterocycles. The van der Waals surface area contributed by atoms with E-state index in [4.69, 9.17) is 4.74 Å². The van der Waals surface area contributed by atoms with E-state index in [1.54, 1.807) is 7.11 Å². The molecule has 1 aliphatic rings. The van der Waals surface area contributed by atoms with Gasteiger partial charge in [-0.05, 0) is 30.9 Å². The maximum atomic E-state index is 12.1. The summed E-state index contributed by atoms with van der Waals surface area (Å²) in [4.78, 5) is 12.1. The van der Waals surface area contributed by atoms with Crippen molar-refractivity contribution in [1.82, 2.24) is 20.1 Å². The highest BCUT2D eigenvalue weighted by atomic mass is 32.2. The zero-order valence-corrected chi connectivity index (χ0v) is 15.8. The first-order valence-corrected chi connectivity index (χ1v) is 9.77. The number of aromatic nitrogens is 3. The van der Waals surface area contributed by atoms with Crippen LogP contribution in [0, 0.1) is 0 Å². The fraction of sp³-hybridized carbons (Fsp3) is 0.421. The number of methoxy groups -OCH3 is 1. The molecule has 6 nitrogen and oxygen atoms in total. The van der Waals surface area contributed by atoms with Gasteiger partial charge in [-0.25, -0.2) is 0 Å². The van der Waals surface area contributed by atoms with Gasteiger partial charge >= 0.3 is 0 Å². The van der Waals surface area contributed by atoms with Crippen LogP contribution in [0.15, 0.2) is 42.1 Å². The normalized spacial score (nSPS) is 13.4. The van der Waals surface area contributed by atoms with E-state index in [0.29, 0.717) is 24.8 Å². The highest BCUT2D eigenvalue weighted by Crippen LogP contribution is 2.40. The van der Waals surface area contributed by atoms with E-state index in [2.05, 4.69) is 26.7 Å². The van der Waals surface area contributed by atoms with Gasteiger partial charge in [0.2, 0.25) is 5.91 Å². The minimum absolute atomic E-state index is 0.00831. The predicted octanol–water partition coefficient (Wildman–Crippen LogP) is 2.80. The lowest BCUT2D eigenvalue weighted by Crippen LogP contribution is -2.27. The number of allylic oxidation sites excluding steroid dienone is 1. The Balaban J connectivity index is 1.48. The number of ether oxygens (including phenoxy) is 1. The van der Waals surface area contributed by atoms with Gasteiger partial charge in [-0.2, -0.15) is 0 Å². The molecule has 0 bridgehead atoms. The van der Waals surface area contributed by atoms with Crippen molar-refractivity contribution < 1.29 is 9.53 Å². The molecule has 1 fully saturated rings. The predicted molar refractivity (Wildman–Crippen MR) is 103 cm³/mol. The van der Waals surface area contributed by atoms with Crippen LogP contribution in [0.4, 0.5) is 0 Å². The van der Waals surface area contributed by atoms with E-state index >= 15 is 0 Å². The Kier molecular flexibility index (Phi) is 6.33. The molecule has 2 aromatic rings. The number of amides is 1. The second-order valence-electron chi connectivity index (χ2n) is 6.21. The number of carbonyl (C=O) groups excluding carboxylic acids is 1. The van der Waals surface area contributed by atoms with Gasteiger partial charge in [0.05, 0.1) is 12.9 Å². The standard InChI is InChI=1S/C19H24N4O2S/c1-3-12-23-18(15-8-9-15)21-22-19(23)26-13-17(24)20-11-10-14-6-4-5-7-16(14)25-2/h3-7,15H,1,8-13H2,2H3,(H,20,24). The zero-order chi connectivity index (χ0) is 18.4. The average molecular weight is 372 g/mol. The van der Waals surface area contributed by atoms with Gasteiger partial charge in [-0.1, -0.05) is 36.0 Å². The third-order valence-corrected chi connectivity index (χ3v) is 5.21. The lowest BCUT2D eigenvalue weighted by Gasteiger charge is -2.09. The van der Waals surface area contributed by atoms with Gasteiger partial charge in [0, 0.05) is 19.0 Å². The molecule has 0 saturated heterocycles. The lowest BCUT2D eigenvalue weighted by atomic mass is 10.1. The van der Waals surface area contributed by atoms with Gasteiger partial charge in [-0.3, -0.25) is 4.79 Å². The summed E-state index contributed by atoms with van der Waals surface area (Å²) < 4.78 is 7.40. The molecule has 138 valence electrons. The zero-order valence-electron chi connectivity index (χ0n) is 15.0. The van der Waals surface area contributed by atoms with Crippen LogP contribution in [0.25, 0.3) is 0 Å². The summed E-state index contributed by atoms with van der Waals surface area (Å²) in [7, 11) is 1.66. The van der Waals surface area contributed by atoms with Crippen molar-refractivity contribution >= 4 is 17.7 Å². The number of hydrogen-bond acceptors (Lipinski definition) is 5. The van der Waals surface area contributed by atoms with E-state index in [1.807, 2.05) is 30.3 Å². The molecule has 3 rings (SSSR count). The third kappa shape index (κ3) is 4.66. The highest BCUT2D eigenvalue weighted by molar-refractivity contribution is 7.99. The van der Waals surface area contributed by atoms with Crippen LogP contribution in [0.5, 0.6) is 5.75 Å². The fourth-order valence-electron chi connectivity index (χ4n) is 2.78. The third-order valence-electron chi connectivity index (χ3n) is 4.24. The minimum atomic E-state index is -0.00831. The summed E-state index contributed by atoms with van der Waals surface area (Å²) in [6.45, 7) is 5.05. The lowest BCUT2D eigenvalue weighted by molar-refractivity contribution is -0.118. The highest BCUT2D eigenvalue weighted by Gasteiger charge is 2.30. The first-order chi connectivity index (χ1) is 12.7. The molecule has 1 N–H and O–H groups in total. The van der Waals surface area contributed by atoms with Crippen molar-refractivity contribution in [3.63, 3.8) is 0 Å². The molecule has 1 aromatic carbocycles. The first kappa shape index (κ1) is 18.5. The Morgan fingerprint density at radius 2 is 2.23 bits per heavy atom. The van der Waals surface area contributed by atoms with Crippen LogP contribution in [0.2, 0.25) is 0 Å². The van der Waals surface area contributed by atoms with Crippen molar-refractivity contribution in [1.29, 1.82) is 0 Å². The Labute approximate surface area is 158 Å². The van der Waals surface area contributed by atoms with Crippen molar-refractivity contribution in [2.45, 2.75) is 36.9 Å². The maximum Gasteiger partial charge on any atom is 0.230 e. The average Bonchev–Trinajstić information content (AvgIpc) is 3.42. The van der Waals surface area contributed by atoms with Crippen LogP contribution in [-0.2, 0) is 17.8 Å². The Bertz CT molecular complexity index is 771. The second-order valence-corrected chi connectivity index (χ2v) is 7.16. The largest absolute Gasteiger partial charge is 0.496 e. The van der Waals surface area contributed by atoms with Crippen LogP contribution < -0.4 is 10.1 Å². The Morgan fingerprint density at radius 3 is 2.96 bits per heavy atom. The fourth-order valence-corrected chi connectivity index (χ4v) is 3.56. The molecule has 1 aromatic heterocycles. The first-order valence-electron chi connectivity index (χ1n) is 8.78. The molecule has 0 radical (unpaired) electrons. The Morgan fingerprint density at radius 1 is 1.42 bits per heavy atom. The quantitative estimate of drug-likeness (QED) is 0.513. The molecular formula is C19H24N4O2S. The van der Waals surface area contributed by atoms with Gasteiger partial charge in [0.15, 0.2) is 5.16 Å². The minimum Gasteiger partial charge on any atom is -0.496 e. The number of nitrogens with zero attached hydrogens (tertiary/aromatic N) is 3. The van der Waals surface area contributed by atoms with E-state index in [1.165, 1.54) is 24.6 Å². The molecule has 0 aliphatic heterocycles.